The van der Waals surface area contributed by atoms with Gasteiger partial charge in [-0.2, -0.15) is 0 Å². The minimum Gasteiger partial charge on any atom is -0.492 e. The van der Waals surface area contributed by atoms with Crippen LogP contribution in [0.15, 0.2) is 18.2 Å². The molecule has 0 spiro atoms. The number of hydrogen-bond acceptors (Lipinski definition) is 3. The fourth-order valence-corrected chi connectivity index (χ4v) is 2.17. The molecule has 1 aromatic rings. The molecule has 1 atom stereocenters. The number of benzene rings is 1. The Morgan fingerprint density at radius 2 is 2.28 bits per heavy atom. The van der Waals surface area contributed by atoms with Crippen molar-refractivity contribution in [1.29, 1.82) is 0 Å². The van der Waals surface area contributed by atoms with Gasteiger partial charge in [-0.1, -0.05) is 19.4 Å². The summed E-state index contributed by atoms with van der Waals surface area (Å²) in [4.78, 5) is 12.3. The van der Waals surface area contributed by atoms with Crippen molar-refractivity contribution in [3.8, 4) is 5.75 Å². The third-order valence-corrected chi connectivity index (χ3v) is 3.31. The van der Waals surface area contributed by atoms with Crippen LogP contribution in [0.25, 0.3) is 0 Å². The molecule has 0 saturated heterocycles. The van der Waals surface area contributed by atoms with E-state index < -0.39 is 0 Å². The van der Waals surface area contributed by atoms with E-state index in [0.29, 0.717) is 13.2 Å². The lowest BCUT2D eigenvalue weighted by atomic mass is 9.94. The van der Waals surface area contributed by atoms with Gasteiger partial charge in [0.05, 0.1) is 18.1 Å². The molecule has 1 aromatic carbocycles. The Hall–Kier alpha value is -1.35. The highest BCUT2D eigenvalue weighted by atomic mass is 16.5. The van der Waals surface area contributed by atoms with Gasteiger partial charge in [-0.15, -0.1) is 0 Å². The summed E-state index contributed by atoms with van der Waals surface area (Å²) in [6, 6.07) is 5.78. The lowest BCUT2D eigenvalue weighted by molar-refractivity contribution is 0.0830. The first-order valence-corrected chi connectivity index (χ1v) is 6.70. The van der Waals surface area contributed by atoms with Gasteiger partial charge in [0, 0.05) is 6.54 Å². The zero-order chi connectivity index (χ0) is 13.0. The number of aryl methyl sites for hydroxylation is 1. The van der Waals surface area contributed by atoms with Gasteiger partial charge in [0.25, 0.3) is 0 Å². The molecule has 0 saturated carbocycles. The Balaban J connectivity index is 1.98. The van der Waals surface area contributed by atoms with Crippen molar-refractivity contribution in [3.63, 3.8) is 0 Å². The average molecular weight is 247 g/mol. The van der Waals surface area contributed by atoms with Gasteiger partial charge in [-0.25, -0.2) is 0 Å². The lowest BCUT2D eigenvalue weighted by Crippen LogP contribution is -2.36. The molecule has 3 nitrogen and oxygen atoms in total. The third-order valence-electron chi connectivity index (χ3n) is 3.31. The number of ketones is 1. The lowest BCUT2D eigenvalue weighted by Gasteiger charge is -2.24. The molecule has 1 heterocycles. The second kappa shape index (κ2) is 6.01. The van der Waals surface area contributed by atoms with E-state index in [9.17, 15) is 4.79 Å². The number of ether oxygens (including phenoxy) is 1. The van der Waals surface area contributed by atoms with Crippen LogP contribution < -0.4 is 10.1 Å². The molecule has 0 amide bonds. The summed E-state index contributed by atoms with van der Waals surface area (Å²) < 4.78 is 5.68. The molecular formula is C15H21NO2. The van der Waals surface area contributed by atoms with Crippen molar-refractivity contribution in [3.05, 3.63) is 29.3 Å². The van der Waals surface area contributed by atoms with E-state index in [2.05, 4.69) is 12.2 Å². The predicted molar refractivity (Wildman–Crippen MR) is 72.3 cm³/mol. The van der Waals surface area contributed by atoms with Crippen LogP contribution in [-0.2, 0) is 0 Å². The van der Waals surface area contributed by atoms with E-state index in [0.717, 1.165) is 29.8 Å². The Morgan fingerprint density at radius 3 is 3.06 bits per heavy atom. The van der Waals surface area contributed by atoms with Crippen LogP contribution >= 0.6 is 0 Å². The van der Waals surface area contributed by atoms with Crippen molar-refractivity contribution >= 4 is 5.78 Å². The maximum atomic E-state index is 12.3. The van der Waals surface area contributed by atoms with Gasteiger partial charge in [0.2, 0.25) is 0 Å². The largest absolute Gasteiger partial charge is 0.492 e. The smallest absolute Gasteiger partial charge is 0.174 e. The van der Waals surface area contributed by atoms with E-state index in [1.807, 2.05) is 25.1 Å². The second-order valence-corrected chi connectivity index (χ2v) is 4.93. The van der Waals surface area contributed by atoms with Crippen LogP contribution in [0.5, 0.6) is 5.75 Å². The number of rotatable bonds is 5. The number of fused-ring (bicyclic) bond motifs is 1. The zero-order valence-corrected chi connectivity index (χ0v) is 11.2. The fourth-order valence-electron chi connectivity index (χ4n) is 2.17. The molecule has 0 bridgehead atoms. The number of hydrogen-bond donors (Lipinski definition) is 1. The monoisotopic (exact) mass is 247 g/mol. The maximum absolute atomic E-state index is 12.3. The number of carbonyl (C=O) groups excluding carboxylic acids is 1. The van der Waals surface area contributed by atoms with Crippen molar-refractivity contribution in [2.45, 2.75) is 26.7 Å². The van der Waals surface area contributed by atoms with Crippen LogP contribution in [0.1, 0.15) is 35.7 Å². The SMILES string of the molecule is CCCCNCC1COc2cc(C)ccc2C1=O. The third kappa shape index (κ3) is 2.91. The Morgan fingerprint density at radius 1 is 1.44 bits per heavy atom. The molecular weight excluding hydrogens is 226 g/mol. The summed E-state index contributed by atoms with van der Waals surface area (Å²) in [7, 11) is 0. The van der Waals surface area contributed by atoms with E-state index >= 15 is 0 Å². The van der Waals surface area contributed by atoms with Crippen molar-refractivity contribution in [2.75, 3.05) is 19.7 Å². The van der Waals surface area contributed by atoms with Gasteiger partial charge in [-0.05, 0) is 37.6 Å². The van der Waals surface area contributed by atoms with Gasteiger partial charge in [0.15, 0.2) is 5.78 Å². The fraction of sp³-hybridized carbons (Fsp3) is 0.533. The quantitative estimate of drug-likeness (QED) is 0.813. The van der Waals surface area contributed by atoms with Crippen molar-refractivity contribution in [1.82, 2.24) is 5.32 Å². The first-order chi connectivity index (χ1) is 8.72. The van der Waals surface area contributed by atoms with Crippen molar-refractivity contribution in [2.24, 2.45) is 5.92 Å². The first-order valence-electron chi connectivity index (χ1n) is 6.70. The van der Waals surface area contributed by atoms with Crippen LogP contribution in [0.3, 0.4) is 0 Å². The normalized spacial score (nSPS) is 18.3. The number of unbranched alkanes of at least 4 members (excludes halogenated alkanes) is 1. The van der Waals surface area contributed by atoms with Gasteiger partial charge in [-0.3, -0.25) is 4.79 Å². The Labute approximate surface area is 109 Å². The minimum absolute atomic E-state index is 0.0444. The van der Waals surface area contributed by atoms with Gasteiger partial charge in [0.1, 0.15) is 5.75 Å². The molecule has 2 rings (SSSR count). The van der Waals surface area contributed by atoms with E-state index in [1.54, 1.807) is 0 Å². The summed E-state index contributed by atoms with van der Waals surface area (Å²) in [5.74, 6) is 0.905. The molecule has 0 fully saturated rings. The van der Waals surface area contributed by atoms with E-state index in [1.165, 1.54) is 6.42 Å². The summed E-state index contributed by atoms with van der Waals surface area (Å²) in [5, 5.41) is 3.33. The molecule has 1 aliphatic heterocycles. The first kappa shape index (κ1) is 13.1. The van der Waals surface area contributed by atoms with Crippen LogP contribution in [0, 0.1) is 12.8 Å². The molecule has 3 heteroatoms. The maximum Gasteiger partial charge on any atom is 0.174 e. The molecule has 1 aliphatic rings. The predicted octanol–water partition coefficient (Wildman–Crippen LogP) is 2.58. The second-order valence-electron chi connectivity index (χ2n) is 4.93. The molecule has 1 unspecified atom stereocenters. The Kier molecular flexibility index (Phi) is 4.37. The van der Waals surface area contributed by atoms with Gasteiger partial charge < -0.3 is 10.1 Å². The summed E-state index contributed by atoms with van der Waals surface area (Å²) in [6.07, 6.45) is 2.32. The van der Waals surface area contributed by atoms with Gasteiger partial charge >= 0.3 is 0 Å². The number of Topliss-reactive ketones (excluding diaryl/α,β-unsaturated/α-hetero) is 1. The highest BCUT2D eigenvalue weighted by Gasteiger charge is 2.28. The molecule has 0 aliphatic carbocycles. The van der Waals surface area contributed by atoms with E-state index in [-0.39, 0.29) is 11.7 Å². The molecule has 18 heavy (non-hydrogen) atoms. The molecule has 0 radical (unpaired) electrons. The Bertz CT molecular complexity index is 429. The standard InChI is InChI=1S/C15H21NO2/c1-3-4-7-16-9-12-10-18-14-8-11(2)5-6-13(14)15(12)17/h5-6,8,12,16H,3-4,7,9-10H2,1-2H3. The topological polar surface area (TPSA) is 38.3 Å². The van der Waals surface area contributed by atoms with E-state index in [4.69, 9.17) is 4.74 Å². The summed E-state index contributed by atoms with van der Waals surface area (Å²) in [5.41, 5.74) is 1.86. The van der Waals surface area contributed by atoms with Crippen molar-refractivity contribution < 1.29 is 9.53 Å². The van der Waals surface area contributed by atoms with Crippen LogP contribution in [0.4, 0.5) is 0 Å². The molecule has 98 valence electrons. The average Bonchev–Trinajstić information content (AvgIpc) is 2.37. The van der Waals surface area contributed by atoms with Crippen LogP contribution in [0.2, 0.25) is 0 Å². The van der Waals surface area contributed by atoms with Crippen LogP contribution in [-0.4, -0.2) is 25.5 Å². The number of carbonyl (C=O) groups is 1. The zero-order valence-electron chi connectivity index (χ0n) is 11.2. The molecule has 0 aromatic heterocycles. The highest BCUT2D eigenvalue weighted by molar-refractivity contribution is 6.01. The summed E-state index contributed by atoms with van der Waals surface area (Å²) in [6.45, 7) is 6.35. The highest BCUT2D eigenvalue weighted by Crippen LogP contribution is 2.27. The number of nitrogens with one attached hydrogen (secondary N) is 1. The molecule has 1 N–H and O–H groups in total. The summed E-state index contributed by atoms with van der Waals surface area (Å²) >= 11 is 0. The minimum atomic E-state index is -0.0444.